The first-order chi connectivity index (χ1) is 18.4. The Morgan fingerprint density at radius 2 is 1.82 bits per heavy atom. The molecule has 0 aliphatic rings. The standard InChI is InChI=1S/C27H22FN7O2S/c1-4-20-26(34(2)27-33-25(21(12-29)38-27)16-5-8-19(28)9-6-16)35-15-17(7-10-23(35)32-20)18-13-30-22(31-14-18)11-24(36)37-3/h5-10,13-15H,4,11H2,1-3H3. The van der Waals surface area contributed by atoms with Gasteiger partial charge in [-0.25, -0.2) is 24.3 Å². The molecule has 5 aromatic rings. The van der Waals surface area contributed by atoms with E-state index in [1.54, 1.807) is 24.5 Å². The Labute approximate surface area is 221 Å². The third-order valence-corrected chi connectivity index (χ3v) is 7.04. The maximum atomic E-state index is 13.4. The number of hydrogen-bond donors (Lipinski definition) is 0. The number of carbonyl (C=O) groups is 1. The summed E-state index contributed by atoms with van der Waals surface area (Å²) in [5, 5.41) is 10.4. The summed E-state index contributed by atoms with van der Waals surface area (Å²) in [6.45, 7) is 2.03. The lowest BCUT2D eigenvalue weighted by molar-refractivity contribution is -0.139. The number of aryl methyl sites for hydroxylation is 1. The number of carbonyl (C=O) groups excluding carboxylic acids is 1. The monoisotopic (exact) mass is 527 g/mol. The van der Waals surface area contributed by atoms with Gasteiger partial charge >= 0.3 is 5.97 Å². The molecule has 4 aromatic heterocycles. The zero-order valence-electron chi connectivity index (χ0n) is 20.8. The lowest BCUT2D eigenvalue weighted by Gasteiger charge is -2.17. The van der Waals surface area contributed by atoms with E-state index in [4.69, 9.17) is 9.97 Å². The average Bonchev–Trinajstić information content (AvgIpc) is 3.54. The molecule has 38 heavy (non-hydrogen) atoms. The number of fused-ring (bicyclic) bond motifs is 1. The van der Waals surface area contributed by atoms with E-state index in [-0.39, 0.29) is 12.2 Å². The van der Waals surface area contributed by atoms with Crippen LogP contribution in [0.2, 0.25) is 0 Å². The van der Waals surface area contributed by atoms with Crippen LogP contribution in [0.15, 0.2) is 55.0 Å². The molecule has 0 radical (unpaired) electrons. The summed E-state index contributed by atoms with van der Waals surface area (Å²) in [5.41, 5.74) is 4.45. The van der Waals surface area contributed by atoms with Crippen LogP contribution in [0.3, 0.4) is 0 Å². The third kappa shape index (κ3) is 4.69. The molecule has 9 nitrogen and oxygen atoms in total. The largest absolute Gasteiger partial charge is 0.469 e. The van der Waals surface area contributed by atoms with Crippen molar-refractivity contribution in [2.24, 2.45) is 0 Å². The second-order valence-electron chi connectivity index (χ2n) is 8.37. The van der Waals surface area contributed by atoms with Crippen molar-refractivity contribution in [3.63, 3.8) is 0 Å². The number of rotatable bonds is 7. The highest BCUT2D eigenvalue weighted by Crippen LogP contribution is 2.37. The Morgan fingerprint density at radius 1 is 1.11 bits per heavy atom. The van der Waals surface area contributed by atoms with Crippen molar-refractivity contribution < 1.29 is 13.9 Å². The van der Waals surface area contributed by atoms with Crippen LogP contribution in [0, 0.1) is 17.1 Å². The molecule has 0 bridgehead atoms. The second kappa shape index (κ2) is 10.4. The molecule has 0 saturated carbocycles. The number of nitrogens with zero attached hydrogens (tertiary/aromatic N) is 7. The van der Waals surface area contributed by atoms with Gasteiger partial charge < -0.3 is 9.64 Å². The predicted octanol–water partition coefficient (Wildman–Crippen LogP) is 4.97. The van der Waals surface area contributed by atoms with Gasteiger partial charge in [0, 0.05) is 42.3 Å². The lowest BCUT2D eigenvalue weighted by atomic mass is 10.1. The maximum Gasteiger partial charge on any atom is 0.313 e. The fourth-order valence-corrected chi connectivity index (χ4v) is 4.91. The van der Waals surface area contributed by atoms with Gasteiger partial charge in [0.1, 0.15) is 46.2 Å². The molecule has 0 unspecified atom stereocenters. The number of anilines is 2. The Bertz CT molecular complexity index is 1670. The molecule has 0 atom stereocenters. The number of methoxy groups -OCH3 is 1. The highest BCUT2D eigenvalue weighted by Gasteiger charge is 2.22. The lowest BCUT2D eigenvalue weighted by Crippen LogP contribution is -2.13. The van der Waals surface area contributed by atoms with Crippen molar-refractivity contribution in [2.45, 2.75) is 19.8 Å². The summed E-state index contributed by atoms with van der Waals surface area (Å²) in [6.07, 6.45) is 5.98. The summed E-state index contributed by atoms with van der Waals surface area (Å²) >= 11 is 1.26. The second-order valence-corrected chi connectivity index (χ2v) is 9.35. The summed E-state index contributed by atoms with van der Waals surface area (Å²) in [4.78, 5) is 32.0. The van der Waals surface area contributed by atoms with Gasteiger partial charge in [0.05, 0.1) is 12.8 Å². The van der Waals surface area contributed by atoms with E-state index >= 15 is 0 Å². The van der Waals surface area contributed by atoms with E-state index in [1.807, 2.05) is 41.6 Å². The molecule has 4 heterocycles. The minimum atomic E-state index is -0.401. The van der Waals surface area contributed by atoms with Crippen LogP contribution in [0.4, 0.5) is 15.3 Å². The first-order valence-electron chi connectivity index (χ1n) is 11.7. The molecule has 0 N–H and O–H groups in total. The van der Waals surface area contributed by atoms with Gasteiger partial charge in [-0.05, 0) is 42.8 Å². The summed E-state index contributed by atoms with van der Waals surface area (Å²) in [5.74, 6) is 0.447. The summed E-state index contributed by atoms with van der Waals surface area (Å²) in [6, 6.07) is 12.0. The highest BCUT2D eigenvalue weighted by atomic mass is 32.1. The van der Waals surface area contributed by atoms with Crippen LogP contribution >= 0.6 is 11.3 Å². The molecule has 0 spiro atoms. The van der Waals surface area contributed by atoms with E-state index in [9.17, 15) is 14.4 Å². The van der Waals surface area contributed by atoms with Crippen LogP contribution in [0.1, 0.15) is 23.3 Å². The fourth-order valence-electron chi connectivity index (χ4n) is 4.06. The first kappa shape index (κ1) is 25.0. The minimum absolute atomic E-state index is 0.00451. The van der Waals surface area contributed by atoms with Crippen molar-refractivity contribution in [3.8, 4) is 28.5 Å². The fraction of sp³-hybridized carbons (Fsp3) is 0.185. The molecule has 0 fully saturated rings. The van der Waals surface area contributed by atoms with Gasteiger partial charge in [0.25, 0.3) is 0 Å². The molecule has 11 heteroatoms. The quantitative estimate of drug-likeness (QED) is 0.273. The Hall–Kier alpha value is -4.69. The molecule has 1 aromatic carbocycles. The van der Waals surface area contributed by atoms with E-state index in [0.29, 0.717) is 33.5 Å². The molecule has 0 aliphatic heterocycles. The SMILES string of the molecule is CCc1nc2ccc(-c3cnc(CC(=O)OC)nc3)cn2c1N(C)c1nc(-c2ccc(F)cc2)c(C#N)s1. The predicted molar refractivity (Wildman–Crippen MR) is 142 cm³/mol. The topological polar surface area (TPSA) is 109 Å². The van der Waals surface area contributed by atoms with E-state index in [0.717, 1.165) is 28.3 Å². The molecule has 0 aliphatic carbocycles. The van der Waals surface area contributed by atoms with Crippen molar-refractivity contribution in [1.29, 1.82) is 5.26 Å². The first-order valence-corrected chi connectivity index (χ1v) is 12.5. The Morgan fingerprint density at radius 3 is 2.47 bits per heavy atom. The highest BCUT2D eigenvalue weighted by molar-refractivity contribution is 7.16. The molecule has 5 rings (SSSR count). The van der Waals surface area contributed by atoms with Crippen LogP contribution in [0.5, 0.6) is 0 Å². The normalized spacial score (nSPS) is 10.9. The maximum absolute atomic E-state index is 13.4. The number of hydrogen-bond acceptors (Lipinski definition) is 9. The number of ether oxygens (including phenoxy) is 1. The van der Waals surface area contributed by atoms with Gasteiger partial charge in [0.2, 0.25) is 0 Å². The zero-order valence-corrected chi connectivity index (χ0v) is 21.7. The number of aromatic nitrogens is 5. The van der Waals surface area contributed by atoms with E-state index in [2.05, 4.69) is 20.8 Å². The van der Waals surface area contributed by atoms with E-state index in [1.165, 1.54) is 30.6 Å². The molecule has 0 amide bonds. The van der Waals surface area contributed by atoms with Gasteiger partial charge in [-0.3, -0.25) is 9.20 Å². The van der Waals surface area contributed by atoms with Gasteiger partial charge in [-0.15, -0.1) is 0 Å². The van der Waals surface area contributed by atoms with E-state index < -0.39 is 5.97 Å². The number of esters is 1. The van der Waals surface area contributed by atoms with Crippen molar-refractivity contribution in [1.82, 2.24) is 24.3 Å². The number of thiazole rings is 1. The summed E-state index contributed by atoms with van der Waals surface area (Å²) in [7, 11) is 3.21. The third-order valence-electron chi connectivity index (χ3n) is 6.01. The Balaban J connectivity index is 1.54. The number of pyridine rings is 1. The van der Waals surface area contributed by atoms with Crippen molar-refractivity contribution >= 4 is 33.9 Å². The van der Waals surface area contributed by atoms with Crippen molar-refractivity contribution in [2.75, 3.05) is 19.1 Å². The number of benzene rings is 1. The molecular formula is C27H22FN7O2S. The van der Waals surface area contributed by atoms with Crippen LogP contribution in [-0.2, 0) is 22.4 Å². The zero-order chi connectivity index (χ0) is 26.8. The molecule has 190 valence electrons. The average molecular weight is 528 g/mol. The smallest absolute Gasteiger partial charge is 0.313 e. The number of nitriles is 1. The van der Waals surface area contributed by atoms with Crippen LogP contribution in [-0.4, -0.2) is 44.5 Å². The van der Waals surface area contributed by atoms with Gasteiger partial charge in [-0.2, -0.15) is 5.26 Å². The van der Waals surface area contributed by atoms with Gasteiger partial charge in [0.15, 0.2) is 5.13 Å². The number of imidazole rings is 1. The molecular weight excluding hydrogens is 505 g/mol. The van der Waals surface area contributed by atoms with Gasteiger partial charge in [-0.1, -0.05) is 18.3 Å². The molecule has 0 saturated heterocycles. The minimum Gasteiger partial charge on any atom is -0.469 e. The van der Waals surface area contributed by atoms with Crippen LogP contribution in [0.25, 0.3) is 28.0 Å². The van der Waals surface area contributed by atoms with Crippen molar-refractivity contribution in [3.05, 3.63) is 77.2 Å². The Kier molecular flexibility index (Phi) is 6.81. The summed E-state index contributed by atoms with van der Waals surface area (Å²) < 4.78 is 20.1. The number of halogens is 1. The van der Waals surface area contributed by atoms with Crippen LogP contribution < -0.4 is 4.90 Å².